The Bertz CT molecular complexity index is 881. The van der Waals surface area contributed by atoms with Crippen molar-refractivity contribution in [3.63, 3.8) is 0 Å². The molecule has 1 aliphatic rings. The SMILES string of the molecule is O=C(CNC(c1ccccc1)c1cccs1)Nc1ccc2c(c1)OCO2. The van der Waals surface area contributed by atoms with Gasteiger partial charge >= 0.3 is 0 Å². The predicted octanol–water partition coefficient (Wildman–Crippen LogP) is 3.79. The lowest BCUT2D eigenvalue weighted by molar-refractivity contribution is -0.115. The summed E-state index contributed by atoms with van der Waals surface area (Å²) in [6.45, 7) is 0.416. The van der Waals surface area contributed by atoms with Gasteiger partial charge in [0.05, 0.1) is 12.6 Å². The average Bonchev–Trinajstić information content (AvgIpc) is 3.34. The van der Waals surface area contributed by atoms with Crippen molar-refractivity contribution < 1.29 is 14.3 Å². The Labute approximate surface area is 155 Å². The third-order valence-electron chi connectivity index (χ3n) is 4.08. The molecule has 0 bridgehead atoms. The van der Waals surface area contributed by atoms with Gasteiger partial charge in [-0.25, -0.2) is 0 Å². The topological polar surface area (TPSA) is 59.6 Å². The number of carbonyl (C=O) groups is 1. The van der Waals surface area contributed by atoms with E-state index in [2.05, 4.69) is 28.8 Å². The lowest BCUT2D eigenvalue weighted by atomic mass is 10.1. The number of carbonyl (C=O) groups excluding carboxylic acids is 1. The fraction of sp³-hybridized carbons (Fsp3) is 0.150. The average molecular weight is 366 g/mol. The zero-order valence-electron chi connectivity index (χ0n) is 14.0. The van der Waals surface area contributed by atoms with Crippen molar-refractivity contribution in [3.8, 4) is 11.5 Å². The summed E-state index contributed by atoms with van der Waals surface area (Å²) in [4.78, 5) is 13.5. The standard InChI is InChI=1S/C20H18N2O3S/c23-19(22-15-8-9-16-17(11-15)25-13-24-16)12-21-20(18-7-4-10-26-18)14-5-2-1-3-6-14/h1-11,20-21H,12-13H2,(H,22,23). The molecule has 0 aliphatic carbocycles. The van der Waals surface area contributed by atoms with E-state index in [0.717, 1.165) is 5.56 Å². The summed E-state index contributed by atoms with van der Waals surface area (Å²) in [5, 5.41) is 8.28. The molecule has 1 amide bonds. The first kappa shape index (κ1) is 16.6. The van der Waals surface area contributed by atoms with Gasteiger partial charge in [-0.1, -0.05) is 36.4 Å². The minimum atomic E-state index is -0.110. The van der Waals surface area contributed by atoms with Gasteiger partial charge in [-0.2, -0.15) is 0 Å². The van der Waals surface area contributed by atoms with E-state index < -0.39 is 0 Å². The molecule has 2 heterocycles. The minimum absolute atomic E-state index is 0.0151. The van der Waals surface area contributed by atoms with Crippen LogP contribution in [0.15, 0.2) is 66.0 Å². The highest BCUT2D eigenvalue weighted by Gasteiger charge is 2.17. The van der Waals surface area contributed by atoms with Gasteiger partial charge in [0, 0.05) is 16.6 Å². The number of ether oxygens (including phenoxy) is 2. The van der Waals surface area contributed by atoms with Crippen molar-refractivity contribution in [1.29, 1.82) is 0 Å². The van der Waals surface area contributed by atoms with E-state index in [0.29, 0.717) is 17.2 Å². The maximum Gasteiger partial charge on any atom is 0.238 e. The molecule has 0 radical (unpaired) electrons. The molecule has 1 aliphatic heterocycles. The molecular weight excluding hydrogens is 348 g/mol. The first-order valence-corrected chi connectivity index (χ1v) is 9.19. The lowest BCUT2D eigenvalue weighted by Crippen LogP contribution is -2.31. The highest BCUT2D eigenvalue weighted by atomic mass is 32.1. The largest absolute Gasteiger partial charge is 0.454 e. The zero-order chi connectivity index (χ0) is 17.8. The lowest BCUT2D eigenvalue weighted by Gasteiger charge is -2.18. The highest BCUT2D eigenvalue weighted by molar-refractivity contribution is 7.10. The number of benzene rings is 2. The molecule has 6 heteroatoms. The Morgan fingerprint density at radius 2 is 1.88 bits per heavy atom. The van der Waals surface area contributed by atoms with Crippen LogP contribution in [0.25, 0.3) is 0 Å². The summed E-state index contributed by atoms with van der Waals surface area (Å²) in [7, 11) is 0. The number of nitrogens with one attached hydrogen (secondary N) is 2. The van der Waals surface area contributed by atoms with E-state index in [4.69, 9.17) is 9.47 Å². The number of fused-ring (bicyclic) bond motifs is 1. The second-order valence-electron chi connectivity index (χ2n) is 5.86. The maximum atomic E-state index is 12.4. The van der Waals surface area contributed by atoms with Gasteiger partial charge in [-0.15, -0.1) is 11.3 Å². The van der Waals surface area contributed by atoms with Crippen LogP contribution in [-0.4, -0.2) is 19.2 Å². The molecule has 1 atom stereocenters. The summed E-state index contributed by atoms with van der Waals surface area (Å²) in [6.07, 6.45) is 0. The second kappa shape index (κ2) is 7.59. The van der Waals surface area contributed by atoms with Crippen LogP contribution in [0.3, 0.4) is 0 Å². The molecule has 1 unspecified atom stereocenters. The number of rotatable bonds is 6. The van der Waals surface area contributed by atoms with Gasteiger partial charge in [0.25, 0.3) is 0 Å². The van der Waals surface area contributed by atoms with Crippen LogP contribution >= 0.6 is 11.3 Å². The molecular formula is C20H18N2O3S. The number of hydrogen-bond acceptors (Lipinski definition) is 5. The van der Waals surface area contributed by atoms with Crippen LogP contribution in [-0.2, 0) is 4.79 Å². The van der Waals surface area contributed by atoms with Crippen molar-refractivity contribution in [3.05, 3.63) is 76.5 Å². The van der Waals surface area contributed by atoms with E-state index in [1.165, 1.54) is 4.88 Å². The van der Waals surface area contributed by atoms with Crippen LogP contribution < -0.4 is 20.1 Å². The van der Waals surface area contributed by atoms with Crippen LogP contribution in [0.1, 0.15) is 16.5 Å². The zero-order valence-corrected chi connectivity index (χ0v) is 14.8. The van der Waals surface area contributed by atoms with Gasteiger partial charge < -0.3 is 14.8 Å². The molecule has 0 fully saturated rings. The van der Waals surface area contributed by atoms with Crippen molar-refractivity contribution in [2.75, 3.05) is 18.7 Å². The fourth-order valence-corrected chi connectivity index (χ4v) is 3.68. The van der Waals surface area contributed by atoms with Gasteiger partial charge in [-0.3, -0.25) is 10.1 Å². The summed E-state index contributed by atoms with van der Waals surface area (Å²) < 4.78 is 10.6. The quantitative estimate of drug-likeness (QED) is 0.697. The molecule has 3 aromatic rings. The summed E-state index contributed by atoms with van der Waals surface area (Å²) in [6, 6.07) is 19.6. The number of anilines is 1. The molecule has 4 rings (SSSR count). The monoisotopic (exact) mass is 366 g/mol. The molecule has 2 N–H and O–H groups in total. The first-order chi connectivity index (χ1) is 12.8. The van der Waals surface area contributed by atoms with E-state index >= 15 is 0 Å². The number of thiophene rings is 1. The third-order valence-corrected chi connectivity index (χ3v) is 5.02. The summed E-state index contributed by atoms with van der Waals surface area (Å²) in [5.41, 5.74) is 1.82. The highest BCUT2D eigenvalue weighted by Crippen LogP contribution is 2.34. The summed E-state index contributed by atoms with van der Waals surface area (Å²) in [5.74, 6) is 1.24. The van der Waals surface area contributed by atoms with Gasteiger partial charge in [0.1, 0.15) is 0 Å². The molecule has 132 valence electrons. The van der Waals surface area contributed by atoms with E-state index in [-0.39, 0.29) is 25.3 Å². The van der Waals surface area contributed by atoms with E-state index in [1.54, 1.807) is 29.5 Å². The van der Waals surface area contributed by atoms with Crippen molar-refractivity contribution in [2.24, 2.45) is 0 Å². The van der Waals surface area contributed by atoms with Gasteiger partial charge in [-0.05, 0) is 29.1 Å². The Morgan fingerprint density at radius 3 is 2.69 bits per heavy atom. The Hall–Kier alpha value is -2.83. The molecule has 2 aromatic carbocycles. The Kier molecular flexibility index (Phi) is 4.86. The van der Waals surface area contributed by atoms with Crippen LogP contribution in [0.4, 0.5) is 5.69 Å². The normalized spacial score (nSPS) is 13.4. The van der Waals surface area contributed by atoms with Crippen LogP contribution in [0, 0.1) is 0 Å². The van der Waals surface area contributed by atoms with Gasteiger partial charge in [0.2, 0.25) is 12.7 Å². The molecule has 0 spiro atoms. The van der Waals surface area contributed by atoms with E-state index in [1.807, 2.05) is 29.6 Å². The Balaban J connectivity index is 1.42. The van der Waals surface area contributed by atoms with Crippen molar-refractivity contribution in [2.45, 2.75) is 6.04 Å². The Morgan fingerprint density at radius 1 is 1.04 bits per heavy atom. The predicted molar refractivity (Wildman–Crippen MR) is 102 cm³/mol. The number of amides is 1. The van der Waals surface area contributed by atoms with E-state index in [9.17, 15) is 4.79 Å². The maximum absolute atomic E-state index is 12.4. The van der Waals surface area contributed by atoms with Gasteiger partial charge in [0.15, 0.2) is 11.5 Å². The smallest absolute Gasteiger partial charge is 0.238 e. The molecule has 1 aromatic heterocycles. The molecule has 26 heavy (non-hydrogen) atoms. The van der Waals surface area contributed by atoms with Crippen molar-refractivity contribution in [1.82, 2.24) is 5.32 Å². The molecule has 5 nitrogen and oxygen atoms in total. The molecule has 0 saturated carbocycles. The van der Waals surface area contributed by atoms with Crippen LogP contribution in [0.2, 0.25) is 0 Å². The first-order valence-electron chi connectivity index (χ1n) is 8.31. The van der Waals surface area contributed by atoms with Crippen molar-refractivity contribution >= 4 is 22.9 Å². The third kappa shape index (κ3) is 3.71. The second-order valence-corrected chi connectivity index (χ2v) is 6.84. The fourth-order valence-electron chi connectivity index (χ4n) is 2.86. The minimum Gasteiger partial charge on any atom is -0.454 e. The molecule has 0 saturated heterocycles. The summed E-state index contributed by atoms with van der Waals surface area (Å²) >= 11 is 1.67. The number of hydrogen-bond donors (Lipinski definition) is 2. The van der Waals surface area contributed by atoms with Crippen LogP contribution in [0.5, 0.6) is 11.5 Å².